The highest BCUT2D eigenvalue weighted by Gasteiger charge is 2.28. The number of allylic oxidation sites excluding steroid dienone is 1. The molecule has 1 aliphatic rings. The molecule has 0 radical (unpaired) electrons. The Balaban J connectivity index is 1.58. The number of hydrogen-bond acceptors (Lipinski definition) is 4. The molecule has 0 bridgehead atoms. The predicted octanol–water partition coefficient (Wildman–Crippen LogP) is 3.32. The molecule has 4 rings (SSSR count). The number of benzene rings is 2. The molecule has 0 saturated carbocycles. The molecule has 0 spiro atoms. The lowest BCUT2D eigenvalue weighted by Gasteiger charge is -2.19. The van der Waals surface area contributed by atoms with Crippen molar-refractivity contribution < 1.29 is 13.8 Å². The summed E-state index contributed by atoms with van der Waals surface area (Å²) in [5.41, 5.74) is 2.83. The first kappa shape index (κ1) is 18.8. The van der Waals surface area contributed by atoms with Crippen molar-refractivity contribution >= 4 is 34.4 Å². The second-order valence-electron chi connectivity index (χ2n) is 6.42. The molecule has 1 aliphatic heterocycles. The second kappa shape index (κ2) is 8.20. The fraction of sp³-hybridized carbons (Fsp3) is 0.0455. The molecule has 0 fully saturated rings. The minimum absolute atomic E-state index is 0.151. The number of anilines is 1. The zero-order chi connectivity index (χ0) is 20.2. The number of nitrogens with one attached hydrogen (secondary N) is 2. The van der Waals surface area contributed by atoms with Crippen molar-refractivity contribution in [3.05, 3.63) is 100 Å². The first-order valence-electron chi connectivity index (χ1n) is 8.93. The van der Waals surface area contributed by atoms with Gasteiger partial charge in [-0.15, -0.1) is 0 Å². The van der Waals surface area contributed by atoms with Gasteiger partial charge < -0.3 is 10.0 Å². The molecule has 1 atom stereocenters. The fourth-order valence-corrected chi connectivity index (χ4v) is 3.95. The SMILES string of the molecule is O=C(NCc1ccncc1)c1ccc2c(c1)C(=O)/C(=C/c1ccccc1)S(=O)N2. The number of ketones is 1. The Morgan fingerprint density at radius 1 is 1.07 bits per heavy atom. The van der Waals surface area contributed by atoms with Crippen LogP contribution in [0.3, 0.4) is 0 Å². The number of rotatable bonds is 4. The van der Waals surface area contributed by atoms with E-state index < -0.39 is 11.0 Å². The smallest absolute Gasteiger partial charge is 0.251 e. The molecule has 29 heavy (non-hydrogen) atoms. The Labute approximate surface area is 170 Å². The van der Waals surface area contributed by atoms with E-state index in [1.165, 1.54) is 6.07 Å². The number of fused-ring (bicyclic) bond motifs is 1. The summed E-state index contributed by atoms with van der Waals surface area (Å²) < 4.78 is 15.3. The van der Waals surface area contributed by atoms with Crippen LogP contribution in [-0.4, -0.2) is 20.9 Å². The van der Waals surface area contributed by atoms with Crippen LogP contribution in [0.5, 0.6) is 0 Å². The number of carbonyl (C=O) groups excluding carboxylic acids is 2. The van der Waals surface area contributed by atoms with E-state index in [0.717, 1.165) is 11.1 Å². The van der Waals surface area contributed by atoms with Gasteiger partial charge in [-0.05, 0) is 47.5 Å². The van der Waals surface area contributed by atoms with Crippen molar-refractivity contribution in [2.24, 2.45) is 0 Å². The van der Waals surface area contributed by atoms with Crippen LogP contribution in [0, 0.1) is 0 Å². The standard InChI is InChI=1S/C22H17N3O3S/c26-21-18-13-17(22(27)24-14-16-8-10-23-11-9-16)6-7-19(18)25-29(28)20(21)12-15-4-2-1-3-5-15/h1-13,25H,14H2,(H,24,27)/b20-12-. The van der Waals surface area contributed by atoms with Gasteiger partial charge in [-0.2, -0.15) is 0 Å². The summed E-state index contributed by atoms with van der Waals surface area (Å²) in [7, 11) is -1.66. The lowest BCUT2D eigenvalue weighted by atomic mass is 10.0. The van der Waals surface area contributed by atoms with E-state index in [0.29, 0.717) is 23.4 Å². The van der Waals surface area contributed by atoms with Crippen molar-refractivity contribution in [2.75, 3.05) is 4.72 Å². The van der Waals surface area contributed by atoms with Crippen molar-refractivity contribution in [2.45, 2.75) is 6.54 Å². The lowest BCUT2D eigenvalue weighted by Crippen LogP contribution is -2.25. The molecule has 2 aromatic carbocycles. The van der Waals surface area contributed by atoms with Gasteiger partial charge in [0.2, 0.25) is 5.78 Å². The van der Waals surface area contributed by atoms with Gasteiger partial charge in [0.25, 0.3) is 5.91 Å². The molecule has 2 heterocycles. The molecule has 0 saturated heterocycles. The molecule has 2 N–H and O–H groups in total. The monoisotopic (exact) mass is 403 g/mol. The van der Waals surface area contributed by atoms with E-state index in [1.807, 2.05) is 42.5 Å². The third-order valence-electron chi connectivity index (χ3n) is 4.45. The van der Waals surface area contributed by atoms with Gasteiger partial charge in [0.15, 0.2) is 11.0 Å². The maximum Gasteiger partial charge on any atom is 0.251 e. The summed E-state index contributed by atoms with van der Waals surface area (Å²) in [6, 6.07) is 17.6. The van der Waals surface area contributed by atoms with Crippen molar-refractivity contribution in [1.29, 1.82) is 0 Å². The molecule has 1 aromatic heterocycles. The van der Waals surface area contributed by atoms with Crippen LogP contribution in [0.2, 0.25) is 0 Å². The van der Waals surface area contributed by atoms with Crippen LogP contribution < -0.4 is 10.0 Å². The molecule has 0 aliphatic carbocycles. The Kier molecular flexibility index (Phi) is 5.31. The van der Waals surface area contributed by atoms with Gasteiger partial charge in [0, 0.05) is 30.1 Å². The number of aromatic nitrogens is 1. The molecule has 1 unspecified atom stereocenters. The highest BCUT2D eigenvalue weighted by atomic mass is 32.2. The Bertz CT molecular complexity index is 1130. The zero-order valence-electron chi connectivity index (χ0n) is 15.3. The van der Waals surface area contributed by atoms with E-state index in [4.69, 9.17) is 0 Å². The van der Waals surface area contributed by atoms with Crippen LogP contribution >= 0.6 is 0 Å². The van der Waals surface area contributed by atoms with E-state index in [2.05, 4.69) is 15.0 Å². The largest absolute Gasteiger partial charge is 0.348 e. The number of amides is 1. The van der Waals surface area contributed by atoms with Gasteiger partial charge in [0.05, 0.1) is 5.69 Å². The van der Waals surface area contributed by atoms with Crippen LogP contribution in [0.25, 0.3) is 6.08 Å². The number of hydrogen-bond donors (Lipinski definition) is 2. The number of Topliss-reactive ketones (excluding diaryl/α,β-unsaturated/α-hetero) is 1. The number of carbonyl (C=O) groups is 2. The van der Waals surface area contributed by atoms with E-state index in [-0.39, 0.29) is 16.6 Å². The summed E-state index contributed by atoms with van der Waals surface area (Å²) in [5, 5.41) is 2.82. The molecule has 144 valence electrons. The predicted molar refractivity (Wildman–Crippen MR) is 112 cm³/mol. The Hall–Kier alpha value is -3.58. The number of pyridine rings is 1. The van der Waals surface area contributed by atoms with Crippen molar-refractivity contribution in [3.63, 3.8) is 0 Å². The maximum atomic E-state index is 12.9. The molecule has 6 nitrogen and oxygen atoms in total. The lowest BCUT2D eigenvalue weighted by molar-refractivity contribution is 0.0951. The van der Waals surface area contributed by atoms with Crippen molar-refractivity contribution in [3.8, 4) is 0 Å². The van der Waals surface area contributed by atoms with E-state index in [9.17, 15) is 13.8 Å². The first-order valence-corrected chi connectivity index (χ1v) is 10.1. The maximum absolute atomic E-state index is 12.9. The average Bonchev–Trinajstić information content (AvgIpc) is 2.76. The average molecular weight is 403 g/mol. The van der Waals surface area contributed by atoms with Gasteiger partial charge in [-0.25, -0.2) is 4.21 Å². The minimum atomic E-state index is -1.66. The molecular weight excluding hydrogens is 386 g/mol. The molecule has 7 heteroatoms. The number of nitrogens with zero attached hydrogens (tertiary/aromatic N) is 1. The second-order valence-corrected chi connectivity index (χ2v) is 7.60. The third kappa shape index (κ3) is 4.14. The highest BCUT2D eigenvalue weighted by Crippen LogP contribution is 2.29. The first-order chi connectivity index (χ1) is 14.1. The van der Waals surface area contributed by atoms with E-state index in [1.54, 1.807) is 30.6 Å². The summed E-state index contributed by atoms with van der Waals surface area (Å²) >= 11 is 0. The topological polar surface area (TPSA) is 88.2 Å². The van der Waals surface area contributed by atoms with Gasteiger partial charge in [-0.3, -0.25) is 14.6 Å². The summed E-state index contributed by atoms with van der Waals surface area (Å²) in [4.78, 5) is 29.6. The molecule has 3 aromatic rings. The van der Waals surface area contributed by atoms with Crippen LogP contribution in [0.4, 0.5) is 5.69 Å². The summed E-state index contributed by atoms with van der Waals surface area (Å²) in [6.45, 7) is 0.355. The summed E-state index contributed by atoms with van der Waals surface area (Å²) in [6.07, 6.45) is 4.92. The van der Waals surface area contributed by atoms with Crippen LogP contribution in [0.15, 0.2) is 78.0 Å². The summed E-state index contributed by atoms with van der Waals surface area (Å²) in [5.74, 6) is -0.651. The molecule has 1 amide bonds. The van der Waals surface area contributed by atoms with Crippen LogP contribution in [0.1, 0.15) is 31.8 Å². The highest BCUT2D eigenvalue weighted by molar-refractivity contribution is 7.91. The molecular formula is C22H17N3O3S. The Morgan fingerprint density at radius 2 is 1.83 bits per heavy atom. The van der Waals surface area contributed by atoms with E-state index >= 15 is 0 Å². The third-order valence-corrected chi connectivity index (χ3v) is 5.56. The van der Waals surface area contributed by atoms with Crippen molar-refractivity contribution in [1.82, 2.24) is 10.3 Å². The van der Waals surface area contributed by atoms with Gasteiger partial charge in [-0.1, -0.05) is 30.3 Å². The fourth-order valence-electron chi connectivity index (χ4n) is 2.94. The quantitative estimate of drug-likeness (QED) is 0.654. The van der Waals surface area contributed by atoms with Gasteiger partial charge >= 0.3 is 0 Å². The van der Waals surface area contributed by atoms with Gasteiger partial charge in [0.1, 0.15) is 4.91 Å². The van der Waals surface area contributed by atoms with Crippen LogP contribution in [-0.2, 0) is 17.5 Å². The normalized spacial score (nSPS) is 16.8. The zero-order valence-corrected chi connectivity index (χ0v) is 16.1. The minimum Gasteiger partial charge on any atom is -0.348 e. The Morgan fingerprint density at radius 3 is 2.59 bits per heavy atom.